The summed E-state index contributed by atoms with van der Waals surface area (Å²) in [5.41, 5.74) is 12.0. The van der Waals surface area contributed by atoms with Crippen LogP contribution in [0.15, 0.2) is 30.3 Å². The molecule has 0 radical (unpaired) electrons. The van der Waals surface area contributed by atoms with Crippen LogP contribution in [0.3, 0.4) is 0 Å². The maximum atomic E-state index is 5.86. The van der Waals surface area contributed by atoms with Crippen LogP contribution < -0.4 is 11.3 Å². The Kier molecular flexibility index (Phi) is 4.26. The van der Waals surface area contributed by atoms with Gasteiger partial charge in [0.25, 0.3) is 0 Å². The molecule has 20 heavy (non-hydrogen) atoms. The van der Waals surface area contributed by atoms with Gasteiger partial charge in [-0.3, -0.25) is 5.84 Å². The number of nitrogens with two attached hydrogens (primary N) is 1. The fraction of sp³-hybridized carbons (Fsp3) is 0.333. The summed E-state index contributed by atoms with van der Waals surface area (Å²) < 4.78 is 0. The first-order valence-corrected chi connectivity index (χ1v) is 7.05. The summed E-state index contributed by atoms with van der Waals surface area (Å²) in [7, 11) is 0. The Bertz CT molecular complexity index is 630. The van der Waals surface area contributed by atoms with Gasteiger partial charge in [0, 0.05) is 0 Å². The lowest BCUT2D eigenvalue weighted by Crippen LogP contribution is -2.30. The molecule has 3 N–H and O–H groups in total. The Hall–Kier alpha value is -1.64. The Morgan fingerprint density at radius 3 is 2.10 bits per heavy atom. The van der Waals surface area contributed by atoms with E-state index in [9.17, 15) is 0 Å². The molecule has 2 aromatic rings. The van der Waals surface area contributed by atoms with Crippen LogP contribution in [0.4, 0.5) is 0 Å². The molecule has 2 aromatic carbocycles. The number of hydrogen-bond donors (Lipinski definition) is 2. The summed E-state index contributed by atoms with van der Waals surface area (Å²) in [6.07, 6.45) is 0. The van der Waals surface area contributed by atoms with Crippen molar-refractivity contribution in [2.45, 2.75) is 40.7 Å². The summed E-state index contributed by atoms with van der Waals surface area (Å²) in [5.74, 6) is 5.86. The summed E-state index contributed by atoms with van der Waals surface area (Å²) >= 11 is 0. The van der Waals surface area contributed by atoms with Crippen LogP contribution in [0.2, 0.25) is 0 Å². The van der Waals surface area contributed by atoms with E-state index < -0.39 is 0 Å². The molecule has 0 amide bonds. The van der Waals surface area contributed by atoms with Gasteiger partial charge < -0.3 is 0 Å². The molecule has 0 aliphatic heterocycles. The lowest BCUT2D eigenvalue weighted by Gasteiger charge is -2.23. The molecule has 2 nitrogen and oxygen atoms in total. The van der Waals surface area contributed by atoms with Gasteiger partial charge in [-0.15, -0.1) is 0 Å². The molecule has 1 unspecified atom stereocenters. The zero-order valence-electron chi connectivity index (χ0n) is 13.0. The van der Waals surface area contributed by atoms with Crippen molar-refractivity contribution in [3.05, 3.63) is 69.3 Å². The van der Waals surface area contributed by atoms with E-state index in [0.717, 1.165) is 0 Å². The Morgan fingerprint density at radius 2 is 1.45 bits per heavy atom. The van der Waals surface area contributed by atoms with Crippen molar-refractivity contribution in [1.82, 2.24) is 5.43 Å². The van der Waals surface area contributed by atoms with E-state index in [0.29, 0.717) is 0 Å². The largest absolute Gasteiger partial charge is 0.271 e. The van der Waals surface area contributed by atoms with Crippen LogP contribution in [0.5, 0.6) is 0 Å². The van der Waals surface area contributed by atoms with Crippen molar-refractivity contribution >= 4 is 0 Å². The van der Waals surface area contributed by atoms with Crippen LogP contribution in [-0.2, 0) is 0 Å². The first-order chi connectivity index (χ1) is 9.45. The maximum Gasteiger partial charge on any atom is 0.0715 e. The molecule has 2 heteroatoms. The quantitative estimate of drug-likeness (QED) is 0.656. The third-order valence-electron chi connectivity index (χ3n) is 4.32. The summed E-state index contributed by atoms with van der Waals surface area (Å²) in [6, 6.07) is 10.9. The van der Waals surface area contributed by atoms with Gasteiger partial charge >= 0.3 is 0 Å². The summed E-state index contributed by atoms with van der Waals surface area (Å²) in [5, 5.41) is 0. The minimum atomic E-state index is 0.0363. The first kappa shape index (κ1) is 14.8. The van der Waals surface area contributed by atoms with Crippen molar-refractivity contribution in [3.63, 3.8) is 0 Å². The first-order valence-electron chi connectivity index (χ1n) is 7.05. The average Bonchev–Trinajstić information content (AvgIpc) is 2.41. The van der Waals surface area contributed by atoms with Gasteiger partial charge in [-0.1, -0.05) is 30.3 Å². The molecule has 0 bridgehead atoms. The third-order valence-corrected chi connectivity index (χ3v) is 4.32. The monoisotopic (exact) mass is 268 g/mol. The maximum absolute atomic E-state index is 5.86. The van der Waals surface area contributed by atoms with Gasteiger partial charge in [0.2, 0.25) is 0 Å². The second-order valence-electron chi connectivity index (χ2n) is 5.68. The highest BCUT2D eigenvalue weighted by Crippen LogP contribution is 2.29. The topological polar surface area (TPSA) is 38.0 Å². The van der Waals surface area contributed by atoms with E-state index in [4.69, 9.17) is 5.84 Å². The number of benzene rings is 2. The highest BCUT2D eigenvalue weighted by atomic mass is 15.2. The number of nitrogens with one attached hydrogen (secondary N) is 1. The predicted octanol–water partition coefficient (Wildman–Crippen LogP) is 3.78. The Balaban J connectivity index is 2.58. The van der Waals surface area contributed by atoms with E-state index in [1.54, 1.807) is 0 Å². The molecule has 0 aromatic heterocycles. The van der Waals surface area contributed by atoms with Gasteiger partial charge in [-0.05, 0) is 73.6 Å². The lowest BCUT2D eigenvalue weighted by atomic mass is 9.89. The van der Waals surface area contributed by atoms with Crippen LogP contribution >= 0.6 is 0 Å². The third kappa shape index (κ3) is 2.62. The highest BCUT2D eigenvalue weighted by molar-refractivity contribution is 5.45. The molecule has 2 rings (SSSR count). The average molecular weight is 268 g/mol. The number of hydrogen-bond acceptors (Lipinski definition) is 2. The molecule has 0 saturated heterocycles. The van der Waals surface area contributed by atoms with E-state index >= 15 is 0 Å². The standard InChI is InChI=1S/C18H24N2/c1-11-7-6-8-16(15(11)5)18(20-19)17-10-13(3)12(2)9-14(17)4/h6-10,18,20H,19H2,1-5H3. The SMILES string of the molecule is Cc1cc(C)c(C(NN)c2cccc(C)c2C)cc1C. The fourth-order valence-corrected chi connectivity index (χ4v) is 2.73. The molecule has 0 aliphatic rings. The molecule has 0 heterocycles. The van der Waals surface area contributed by atoms with Crippen molar-refractivity contribution in [3.8, 4) is 0 Å². The second-order valence-corrected chi connectivity index (χ2v) is 5.68. The van der Waals surface area contributed by atoms with E-state index in [-0.39, 0.29) is 6.04 Å². The smallest absolute Gasteiger partial charge is 0.0715 e. The second kappa shape index (κ2) is 5.78. The zero-order valence-corrected chi connectivity index (χ0v) is 13.0. The minimum Gasteiger partial charge on any atom is -0.271 e. The normalized spacial score (nSPS) is 12.5. The van der Waals surface area contributed by atoms with E-state index in [1.807, 2.05) is 0 Å². The van der Waals surface area contributed by atoms with Crippen LogP contribution in [-0.4, -0.2) is 0 Å². The Labute approximate surface area is 122 Å². The number of aryl methyl sites for hydroxylation is 4. The summed E-state index contributed by atoms with van der Waals surface area (Å²) in [4.78, 5) is 0. The van der Waals surface area contributed by atoms with Gasteiger partial charge in [-0.25, -0.2) is 5.43 Å². The molecule has 106 valence electrons. The van der Waals surface area contributed by atoms with Crippen molar-refractivity contribution < 1.29 is 0 Å². The zero-order chi connectivity index (χ0) is 14.9. The minimum absolute atomic E-state index is 0.0363. The molecule has 0 fully saturated rings. The van der Waals surface area contributed by atoms with Crippen LogP contribution in [0, 0.1) is 34.6 Å². The van der Waals surface area contributed by atoms with E-state index in [1.165, 1.54) is 38.9 Å². The van der Waals surface area contributed by atoms with Crippen molar-refractivity contribution in [2.24, 2.45) is 5.84 Å². The van der Waals surface area contributed by atoms with Gasteiger partial charge in [0.1, 0.15) is 0 Å². The van der Waals surface area contributed by atoms with Gasteiger partial charge in [0.15, 0.2) is 0 Å². The van der Waals surface area contributed by atoms with Gasteiger partial charge in [0.05, 0.1) is 6.04 Å². The summed E-state index contributed by atoms with van der Waals surface area (Å²) in [6.45, 7) is 10.7. The highest BCUT2D eigenvalue weighted by Gasteiger charge is 2.18. The number of hydrazine groups is 1. The predicted molar refractivity (Wildman–Crippen MR) is 85.7 cm³/mol. The van der Waals surface area contributed by atoms with Crippen LogP contribution in [0.1, 0.15) is 45.0 Å². The molecule has 0 saturated carbocycles. The molecular formula is C18H24N2. The van der Waals surface area contributed by atoms with Crippen LogP contribution in [0.25, 0.3) is 0 Å². The molecule has 0 aliphatic carbocycles. The molecule has 0 spiro atoms. The fourth-order valence-electron chi connectivity index (χ4n) is 2.73. The Morgan fingerprint density at radius 1 is 0.800 bits per heavy atom. The number of rotatable bonds is 3. The molecule has 1 atom stereocenters. The van der Waals surface area contributed by atoms with Crippen molar-refractivity contribution in [2.75, 3.05) is 0 Å². The lowest BCUT2D eigenvalue weighted by molar-refractivity contribution is 0.629. The van der Waals surface area contributed by atoms with Gasteiger partial charge in [-0.2, -0.15) is 0 Å². The van der Waals surface area contributed by atoms with Crippen molar-refractivity contribution in [1.29, 1.82) is 0 Å². The van der Waals surface area contributed by atoms with E-state index in [2.05, 4.69) is 70.4 Å². The molecular weight excluding hydrogens is 244 g/mol.